The zero-order chi connectivity index (χ0) is 30.9. The van der Waals surface area contributed by atoms with E-state index in [1.165, 1.54) is 43.9 Å². The van der Waals surface area contributed by atoms with Gasteiger partial charge < -0.3 is 8.98 Å². The Bertz CT molecular complexity index is 2740. The highest BCUT2D eigenvalue weighted by molar-refractivity contribution is 6.22. The zero-order valence-electron chi connectivity index (χ0n) is 25.5. The third-order valence-corrected chi connectivity index (χ3v) is 9.51. The van der Waals surface area contributed by atoms with E-state index in [0.29, 0.717) is 0 Å². The molecule has 0 aliphatic carbocycles. The molecule has 0 amide bonds. The van der Waals surface area contributed by atoms with Gasteiger partial charge in [-0.1, -0.05) is 121 Å². The van der Waals surface area contributed by atoms with Crippen molar-refractivity contribution in [2.24, 2.45) is 0 Å². The minimum Gasteiger partial charge on any atom is -0.439 e. The Morgan fingerprint density at radius 3 is 1.74 bits per heavy atom. The van der Waals surface area contributed by atoms with Crippen LogP contribution < -0.4 is 0 Å². The number of hydrogen-bond donors (Lipinski definition) is 0. The summed E-state index contributed by atoms with van der Waals surface area (Å²) in [5.74, 6) is 0. The molecule has 0 bridgehead atoms. The smallest absolute Gasteiger partial charge is 0.213 e. The molecule has 3 heterocycles. The monoisotopic (exact) mass is 600 g/mol. The first-order valence-corrected chi connectivity index (χ1v) is 16.0. The van der Waals surface area contributed by atoms with Crippen LogP contribution in [-0.2, 0) is 0 Å². The molecule has 10 aromatic rings. The number of benzene rings is 7. The van der Waals surface area contributed by atoms with Gasteiger partial charge in [0.2, 0.25) is 5.71 Å². The number of hydrogen-bond acceptors (Lipinski definition) is 1. The van der Waals surface area contributed by atoms with Crippen molar-refractivity contribution < 1.29 is 4.42 Å². The van der Waals surface area contributed by atoms with E-state index in [9.17, 15) is 0 Å². The Kier molecular flexibility index (Phi) is 5.57. The van der Waals surface area contributed by atoms with Crippen LogP contribution in [0.2, 0.25) is 0 Å². The molecule has 0 saturated carbocycles. The largest absolute Gasteiger partial charge is 0.439 e. The summed E-state index contributed by atoms with van der Waals surface area (Å²) >= 11 is 0. The van der Waals surface area contributed by atoms with Crippen molar-refractivity contribution in [1.29, 1.82) is 0 Å². The van der Waals surface area contributed by atoms with Gasteiger partial charge in [-0.25, -0.2) is 0 Å². The molecular formula is C44H28N2O. The minimum atomic E-state index is 0.870. The second kappa shape index (κ2) is 10.1. The Hall–Kier alpha value is -6.32. The van der Waals surface area contributed by atoms with Crippen molar-refractivity contribution in [1.82, 2.24) is 9.13 Å². The quantitative estimate of drug-likeness (QED) is 0.197. The minimum absolute atomic E-state index is 0.870. The summed E-state index contributed by atoms with van der Waals surface area (Å²) in [6.07, 6.45) is 0. The van der Waals surface area contributed by atoms with Gasteiger partial charge in [-0.3, -0.25) is 4.57 Å². The summed E-state index contributed by atoms with van der Waals surface area (Å²) < 4.78 is 11.2. The van der Waals surface area contributed by atoms with E-state index in [2.05, 4.69) is 173 Å². The van der Waals surface area contributed by atoms with Crippen molar-refractivity contribution in [3.05, 3.63) is 170 Å². The molecular weight excluding hydrogens is 572 g/mol. The number of rotatable bonds is 4. The SMILES string of the molecule is c1ccc(-n2c3oc4ccccc4c3c3cccc(-c4cccc(-c5cccc(-n6c7ccccc7c7ccccc76)c5)c4)c32)cc1. The summed E-state index contributed by atoms with van der Waals surface area (Å²) in [5, 5.41) is 6.00. The highest BCUT2D eigenvalue weighted by Gasteiger charge is 2.22. The van der Waals surface area contributed by atoms with Crippen molar-refractivity contribution in [2.75, 3.05) is 0 Å². The van der Waals surface area contributed by atoms with E-state index in [0.717, 1.165) is 44.5 Å². The van der Waals surface area contributed by atoms with E-state index in [-0.39, 0.29) is 0 Å². The fraction of sp³-hybridized carbons (Fsp3) is 0. The van der Waals surface area contributed by atoms with E-state index < -0.39 is 0 Å². The summed E-state index contributed by atoms with van der Waals surface area (Å²) in [5.41, 5.74) is 12.3. The third kappa shape index (κ3) is 3.87. The third-order valence-electron chi connectivity index (χ3n) is 9.51. The highest BCUT2D eigenvalue weighted by atomic mass is 16.3. The maximum absolute atomic E-state index is 6.58. The molecule has 3 nitrogen and oxygen atoms in total. The van der Waals surface area contributed by atoms with Crippen LogP contribution in [0.25, 0.3) is 88.4 Å². The van der Waals surface area contributed by atoms with Crippen molar-refractivity contribution in [3.8, 4) is 33.6 Å². The van der Waals surface area contributed by atoms with Crippen LogP contribution in [0, 0.1) is 0 Å². The van der Waals surface area contributed by atoms with Crippen LogP contribution in [0.1, 0.15) is 0 Å². The van der Waals surface area contributed by atoms with Crippen LogP contribution in [0.4, 0.5) is 0 Å². The fourth-order valence-corrected chi connectivity index (χ4v) is 7.49. The number of fused-ring (bicyclic) bond motifs is 8. The van der Waals surface area contributed by atoms with Gasteiger partial charge in [0, 0.05) is 38.5 Å². The van der Waals surface area contributed by atoms with Crippen LogP contribution in [-0.4, -0.2) is 9.13 Å². The predicted molar refractivity (Wildman–Crippen MR) is 196 cm³/mol. The summed E-state index contributed by atoms with van der Waals surface area (Å²) in [6.45, 7) is 0. The van der Waals surface area contributed by atoms with Crippen molar-refractivity contribution in [2.45, 2.75) is 0 Å². The summed E-state index contributed by atoms with van der Waals surface area (Å²) in [4.78, 5) is 0. The molecule has 0 unspecified atom stereocenters. The van der Waals surface area contributed by atoms with Gasteiger partial charge in [0.1, 0.15) is 5.58 Å². The van der Waals surface area contributed by atoms with Crippen molar-refractivity contribution >= 4 is 54.8 Å². The molecule has 7 aromatic carbocycles. The standard InChI is InChI=1S/C44H28N2O/c1-2-16-32(17-3-1)46-43-34(22-12-23-38(43)42-37-21-6-9-26-41(37)47-44(42)46)31-15-10-13-29(27-31)30-14-11-18-33(28-30)45-39-24-7-4-19-35(39)36-20-5-8-25-40(36)45/h1-28H. The van der Waals surface area contributed by atoms with Crippen molar-refractivity contribution in [3.63, 3.8) is 0 Å². The lowest BCUT2D eigenvalue weighted by atomic mass is 9.97. The molecule has 0 spiro atoms. The van der Waals surface area contributed by atoms with Gasteiger partial charge in [-0.05, 0) is 65.2 Å². The van der Waals surface area contributed by atoms with Gasteiger partial charge in [0.15, 0.2) is 0 Å². The maximum atomic E-state index is 6.58. The Morgan fingerprint density at radius 2 is 0.957 bits per heavy atom. The molecule has 220 valence electrons. The molecule has 0 aliphatic rings. The number of para-hydroxylation sites is 5. The fourth-order valence-electron chi connectivity index (χ4n) is 7.49. The molecule has 0 radical (unpaired) electrons. The van der Waals surface area contributed by atoms with Gasteiger partial charge in [-0.15, -0.1) is 0 Å². The number of nitrogens with zero attached hydrogens (tertiary/aromatic N) is 2. The van der Waals surface area contributed by atoms with Crippen LogP contribution in [0.5, 0.6) is 0 Å². The van der Waals surface area contributed by atoms with Gasteiger partial charge in [0.25, 0.3) is 0 Å². The van der Waals surface area contributed by atoms with Gasteiger partial charge >= 0.3 is 0 Å². The van der Waals surface area contributed by atoms with Crippen LogP contribution in [0.15, 0.2) is 174 Å². The first-order chi connectivity index (χ1) is 23.3. The number of aromatic nitrogens is 2. The van der Waals surface area contributed by atoms with Gasteiger partial charge in [-0.2, -0.15) is 0 Å². The van der Waals surface area contributed by atoms with E-state index >= 15 is 0 Å². The average molecular weight is 601 g/mol. The second-order valence-electron chi connectivity index (χ2n) is 12.2. The first kappa shape index (κ1) is 26.0. The Labute approximate surface area is 271 Å². The molecule has 47 heavy (non-hydrogen) atoms. The second-order valence-corrected chi connectivity index (χ2v) is 12.2. The molecule has 3 heteroatoms. The van der Waals surface area contributed by atoms with Crippen LogP contribution >= 0.6 is 0 Å². The molecule has 0 saturated heterocycles. The lowest BCUT2D eigenvalue weighted by Gasteiger charge is -2.13. The first-order valence-electron chi connectivity index (χ1n) is 16.0. The molecule has 0 fully saturated rings. The predicted octanol–water partition coefficient (Wildman–Crippen LogP) is 12.0. The van der Waals surface area contributed by atoms with Crippen LogP contribution in [0.3, 0.4) is 0 Å². The Morgan fingerprint density at radius 1 is 0.383 bits per heavy atom. The van der Waals surface area contributed by atoms with E-state index in [1.54, 1.807) is 0 Å². The molecule has 0 aliphatic heterocycles. The summed E-state index contributed by atoms with van der Waals surface area (Å²) in [7, 11) is 0. The molecule has 10 rings (SSSR count). The molecule has 0 atom stereocenters. The highest BCUT2D eigenvalue weighted by Crippen LogP contribution is 2.43. The topological polar surface area (TPSA) is 23.0 Å². The van der Waals surface area contributed by atoms with E-state index in [1.807, 2.05) is 6.07 Å². The maximum Gasteiger partial charge on any atom is 0.213 e. The zero-order valence-corrected chi connectivity index (χ0v) is 25.5. The average Bonchev–Trinajstić information content (AvgIpc) is 3.79. The molecule has 0 N–H and O–H groups in total. The number of furan rings is 1. The van der Waals surface area contributed by atoms with Gasteiger partial charge in [0.05, 0.1) is 21.9 Å². The Balaban J connectivity index is 1.18. The van der Waals surface area contributed by atoms with E-state index in [4.69, 9.17) is 4.42 Å². The normalized spacial score (nSPS) is 11.8. The lowest BCUT2D eigenvalue weighted by molar-refractivity contribution is 0.645. The molecule has 3 aromatic heterocycles. The summed E-state index contributed by atoms with van der Waals surface area (Å²) in [6, 6.07) is 60.7. The lowest BCUT2D eigenvalue weighted by Crippen LogP contribution is -1.95.